The Hall–Kier alpha value is -1.80. The lowest BCUT2D eigenvalue weighted by Crippen LogP contribution is -2.13. The molecule has 0 unspecified atom stereocenters. The molecule has 8 heteroatoms. The second-order valence-corrected chi connectivity index (χ2v) is 6.79. The van der Waals surface area contributed by atoms with Crippen molar-refractivity contribution in [3.05, 3.63) is 24.3 Å². The molecule has 0 atom stereocenters. The summed E-state index contributed by atoms with van der Waals surface area (Å²) in [6.07, 6.45) is 1.03. The SMILES string of the molecule is CCCNc1nnc(SCC(=O)Nc2ccc(OCC)cc2)s1. The van der Waals surface area contributed by atoms with E-state index in [0.717, 1.165) is 33.9 Å². The maximum atomic E-state index is 12.0. The number of nitrogens with one attached hydrogen (secondary N) is 2. The van der Waals surface area contributed by atoms with Crippen LogP contribution in [-0.4, -0.2) is 35.0 Å². The van der Waals surface area contributed by atoms with E-state index < -0.39 is 0 Å². The monoisotopic (exact) mass is 352 g/mol. The number of amides is 1. The molecule has 1 aromatic carbocycles. The van der Waals surface area contributed by atoms with Crippen molar-refractivity contribution in [1.82, 2.24) is 10.2 Å². The van der Waals surface area contributed by atoms with E-state index in [0.29, 0.717) is 12.4 Å². The quantitative estimate of drug-likeness (QED) is 0.673. The second kappa shape index (κ2) is 9.36. The number of carbonyl (C=O) groups excluding carboxylic acids is 1. The van der Waals surface area contributed by atoms with Crippen molar-refractivity contribution >= 4 is 39.8 Å². The van der Waals surface area contributed by atoms with Crippen LogP contribution < -0.4 is 15.4 Å². The molecule has 1 amide bonds. The highest BCUT2D eigenvalue weighted by Crippen LogP contribution is 2.25. The third kappa shape index (κ3) is 6.07. The molecule has 2 rings (SSSR count). The fraction of sp³-hybridized carbons (Fsp3) is 0.400. The third-order valence-electron chi connectivity index (χ3n) is 2.71. The minimum absolute atomic E-state index is 0.0718. The Morgan fingerprint density at radius 2 is 2.04 bits per heavy atom. The Labute approximate surface area is 144 Å². The minimum atomic E-state index is -0.0718. The zero-order valence-corrected chi connectivity index (χ0v) is 14.8. The van der Waals surface area contributed by atoms with Crippen LogP contribution in [0.25, 0.3) is 0 Å². The van der Waals surface area contributed by atoms with Gasteiger partial charge in [-0.05, 0) is 37.6 Å². The molecule has 6 nitrogen and oxygen atoms in total. The number of carbonyl (C=O) groups is 1. The number of hydrogen-bond acceptors (Lipinski definition) is 7. The minimum Gasteiger partial charge on any atom is -0.494 e. The van der Waals surface area contributed by atoms with Crippen LogP contribution in [0, 0.1) is 0 Å². The van der Waals surface area contributed by atoms with Crippen molar-refractivity contribution in [2.45, 2.75) is 24.6 Å². The molecule has 1 heterocycles. The average molecular weight is 352 g/mol. The van der Waals surface area contributed by atoms with E-state index in [1.165, 1.54) is 23.1 Å². The van der Waals surface area contributed by atoms with Gasteiger partial charge in [-0.15, -0.1) is 10.2 Å². The highest BCUT2D eigenvalue weighted by molar-refractivity contribution is 8.01. The molecule has 0 saturated carbocycles. The molecular formula is C15H20N4O2S2. The smallest absolute Gasteiger partial charge is 0.234 e. The molecule has 0 aliphatic carbocycles. The molecule has 2 N–H and O–H groups in total. The van der Waals surface area contributed by atoms with Gasteiger partial charge in [0.15, 0.2) is 4.34 Å². The van der Waals surface area contributed by atoms with Crippen LogP contribution in [0.3, 0.4) is 0 Å². The summed E-state index contributed by atoms with van der Waals surface area (Å²) < 4.78 is 6.15. The molecule has 124 valence electrons. The Bertz CT molecular complexity index is 616. The molecule has 0 fully saturated rings. The highest BCUT2D eigenvalue weighted by atomic mass is 32.2. The molecule has 2 aromatic rings. The molecular weight excluding hydrogens is 332 g/mol. The molecule has 0 spiro atoms. The van der Waals surface area contributed by atoms with Crippen molar-refractivity contribution in [2.75, 3.05) is 29.5 Å². The van der Waals surface area contributed by atoms with Gasteiger partial charge in [-0.1, -0.05) is 30.0 Å². The van der Waals surface area contributed by atoms with E-state index in [1.54, 1.807) is 0 Å². The van der Waals surface area contributed by atoms with Crippen LogP contribution in [0.5, 0.6) is 5.75 Å². The summed E-state index contributed by atoms with van der Waals surface area (Å²) in [5.74, 6) is 1.02. The van der Waals surface area contributed by atoms with E-state index in [2.05, 4.69) is 27.8 Å². The van der Waals surface area contributed by atoms with Gasteiger partial charge in [0.25, 0.3) is 0 Å². The van der Waals surface area contributed by atoms with Gasteiger partial charge in [-0.2, -0.15) is 0 Å². The van der Waals surface area contributed by atoms with E-state index in [1.807, 2.05) is 31.2 Å². The molecule has 0 aliphatic heterocycles. The molecule has 23 heavy (non-hydrogen) atoms. The lowest BCUT2D eigenvalue weighted by Gasteiger charge is -2.06. The van der Waals surface area contributed by atoms with E-state index in [4.69, 9.17) is 4.74 Å². The zero-order valence-electron chi connectivity index (χ0n) is 13.2. The first-order valence-corrected chi connectivity index (χ1v) is 9.24. The van der Waals surface area contributed by atoms with Gasteiger partial charge in [0.05, 0.1) is 12.4 Å². The van der Waals surface area contributed by atoms with Crippen molar-refractivity contribution in [1.29, 1.82) is 0 Å². The topological polar surface area (TPSA) is 76.1 Å². The van der Waals surface area contributed by atoms with Crippen LogP contribution in [-0.2, 0) is 4.79 Å². The summed E-state index contributed by atoms with van der Waals surface area (Å²) >= 11 is 2.84. The van der Waals surface area contributed by atoms with E-state index in [9.17, 15) is 4.79 Å². The van der Waals surface area contributed by atoms with Crippen LogP contribution in [0.1, 0.15) is 20.3 Å². The molecule has 0 radical (unpaired) electrons. The van der Waals surface area contributed by atoms with Gasteiger partial charge in [0, 0.05) is 12.2 Å². The summed E-state index contributed by atoms with van der Waals surface area (Å²) in [6.45, 7) is 5.52. The third-order valence-corrected chi connectivity index (χ3v) is 4.72. The fourth-order valence-electron chi connectivity index (χ4n) is 1.70. The Kier molecular flexibility index (Phi) is 7.15. The molecule has 1 aromatic heterocycles. The van der Waals surface area contributed by atoms with Gasteiger partial charge >= 0.3 is 0 Å². The predicted molar refractivity (Wildman–Crippen MR) is 95.7 cm³/mol. The summed E-state index contributed by atoms with van der Waals surface area (Å²) in [5, 5.41) is 14.9. The zero-order chi connectivity index (χ0) is 16.5. The number of ether oxygens (including phenoxy) is 1. The van der Waals surface area contributed by atoms with Crippen LogP contribution in [0.4, 0.5) is 10.8 Å². The number of aromatic nitrogens is 2. The first-order chi connectivity index (χ1) is 11.2. The second-order valence-electron chi connectivity index (χ2n) is 4.59. The number of thioether (sulfide) groups is 1. The highest BCUT2D eigenvalue weighted by Gasteiger charge is 2.08. The number of hydrogen-bond donors (Lipinski definition) is 2. The van der Waals surface area contributed by atoms with E-state index in [-0.39, 0.29) is 5.91 Å². The van der Waals surface area contributed by atoms with E-state index >= 15 is 0 Å². The largest absolute Gasteiger partial charge is 0.494 e. The maximum absolute atomic E-state index is 12.0. The van der Waals surface area contributed by atoms with Gasteiger partial charge in [0.2, 0.25) is 11.0 Å². The number of nitrogens with zero attached hydrogens (tertiary/aromatic N) is 2. The lowest BCUT2D eigenvalue weighted by molar-refractivity contribution is -0.113. The standard InChI is InChI=1S/C15H20N4O2S2/c1-3-9-16-14-18-19-15(23-14)22-10-13(20)17-11-5-7-12(8-6-11)21-4-2/h5-8H,3-4,9-10H2,1-2H3,(H,16,18)(H,17,20). The Balaban J connectivity index is 1.77. The molecule has 0 bridgehead atoms. The number of rotatable bonds is 9. The summed E-state index contributed by atoms with van der Waals surface area (Å²) in [7, 11) is 0. The number of benzene rings is 1. The van der Waals surface area contributed by atoms with Gasteiger partial charge in [-0.3, -0.25) is 4.79 Å². The van der Waals surface area contributed by atoms with Gasteiger partial charge < -0.3 is 15.4 Å². The average Bonchev–Trinajstić information content (AvgIpc) is 3.01. The first kappa shape index (κ1) is 17.6. The first-order valence-electron chi connectivity index (χ1n) is 7.44. The van der Waals surface area contributed by atoms with Crippen molar-refractivity contribution < 1.29 is 9.53 Å². The normalized spacial score (nSPS) is 10.3. The summed E-state index contributed by atoms with van der Waals surface area (Å²) in [6, 6.07) is 7.32. The fourth-order valence-corrected chi connectivity index (χ4v) is 3.27. The van der Waals surface area contributed by atoms with Crippen molar-refractivity contribution in [2.24, 2.45) is 0 Å². The molecule has 0 aliphatic rings. The Morgan fingerprint density at radius 3 is 2.74 bits per heavy atom. The summed E-state index contributed by atoms with van der Waals surface area (Å²) in [4.78, 5) is 12.0. The predicted octanol–water partition coefficient (Wildman–Crippen LogP) is 3.49. The molecule has 0 saturated heterocycles. The van der Waals surface area contributed by atoms with Crippen molar-refractivity contribution in [3.63, 3.8) is 0 Å². The van der Waals surface area contributed by atoms with Gasteiger partial charge in [-0.25, -0.2) is 0 Å². The summed E-state index contributed by atoms with van der Waals surface area (Å²) in [5.41, 5.74) is 0.751. The van der Waals surface area contributed by atoms with Gasteiger partial charge in [0.1, 0.15) is 5.75 Å². The maximum Gasteiger partial charge on any atom is 0.234 e. The lowest BCUT2D eigenvalue weighted by atomic mass is 10.3. The number of anilines is 2. The van der Waals surface area contributed by atoms with Crippen molar-refractivity contribution in [3.8, 4) is 5.75 Å². The van der Waals surface area contributed by atoms with Crippen LogP contribution >= 0.6 is 23.1 Å². The van der Waals surface area contributed by atoms with Crippen LogP contribution in [0.15, 0.2) is 28.6 Å². The Morgan fingerprint density at radius 1 is 1.26 bits per heavy atom. The van der Waals surface area contributed by atoms with Crippen LogP contribution in [0.2, 0.25) is 0 Å².